The molecule has 13 heteroatoms. The molecule has 0 aromatic carbocycles. The summed E-state index contributed by atoms with van der Waals surface area (Å²) in [6.45, 7) is 3.61. The maximum absolute atomic E-state index is 12.9. The first-order valence-electron chi connectivity index (χ1n) is 24.9. The number of unbranched alkanes of at least 4 members (excludes halogenated alkanes) is 6. The van der Waals surface area contributed by atoms with Crippen LogP contribution in [0.1, 0.15) is 142 Å². The summed E-state index contributed by atoms with van der Waals surface area (Å²) in [7, 11) is -5.08. The van der Waals surface area contributed by atoms with Crippen molar-refractivity contribution >= 4 is 16.4 Å². The number of carbonyl (C=O) groups is 1. The highest BCUT2D eigenvalue weighted by Gasteiger charge is 2.48. The monoisotopic (exact) mass is 971 g/mol. The van der Waals surface area contributed by atoms with E-state index >= 15 is 0 Å². The van der Waals surface area contributed by atoms with Crippen LogP contribution in [0.3, 0.4) is 0 Å². The molecule has 0 amide bonds. The highest BCUT2D eigenvalue weighted by atomic mass is 32.3. The number of esters is 1. The van der Waals surface area contributed by atoms with Crippen LogP contribution in [0.15, 0.2) is 134 Å². The summed E-state index contributed by atoms with van der Waals surface area (Å²) in [6.07, 6.45) is 56.3. The molecule has 0 aliphatic carbocycles. The second kappa shape index (κ2) is 44.4. The van der Waals surface area contributed by atoms with Gasteiger partial charge in [-0.05, 0) is 103 Å². The van der Waals surface area contributed by atoms with Gasteiger partial charge in [-0.25, -0.2) is 4.18 Å². The molecule has 1 aliphatic heterocycles. The molecule has 0 radical (unpaired) electrons. The van der Waals surface area contributed by atoms with Crippen LogP contribution in [0.25, 0.3) is 0 Å². The minimum absolute atomic E-state index is 0.0107. The number of aliphatic hydroxyl groups is 3. The Morgan fingerprint density at radius 3 is 1.41 bits per heavy atom. The van der Waals surface area contributed by atoms with Crippen LogP contribution < -0.4 is 0 Å². The Balaban J connectivity index is 2.46. The molecule has 0 aromatic heterocycles. The fourth-order valence-electron chi connectivity index (χ4n) is 6.59. The van der Waals surface area contributed by atoms with Gasteiger partial charge < -0.3 is 34.3 Å². The van der Waals surface area contributed by atoms with Crippen molar-refractivity contribution < 1.29 is 56.2 Å². The first kappa shape index (κ1) is 62.3. The zero-order valence-electron chi connectivity index (χ0n) is 41.1. The fourth-order valence-corrected chi connectivity index (χ4v) is 7.10. The molecule has 1 fully saturated rings. The van der Waals surface area contributed by atoms with Gasteiger partial charge in [-0.3, -0.25) is 9.35 Å². The molecule has 1 rings (SSSR count). The number of hydrogen-bond acceptors (Lipinski definition) is 11. The van der Waals surface area contributed by atoms with Crippen molar-refractivity contribution in [3.8, 4) is 0 Å². The molecule has 0 saturated carbocycles. The first-order chi connectivity index (χ1) is 33.1. The average molecular weight is 971 g/mol. The van der Waals surface area contributed by atoms with Gasteiger partial charge in [0.05, 0.1) is 19.8 Å². The third kappa shape index (κ3) is 37.2. The van der Waals surface area contributed by atoms with E-state index in [1.165, 1.54) is 0 Å². The Morgan fingerprint density at radius 1 is 0.559 bits per heavy atom. The van der Waals surface area contributed by atoms with Crippen LogP contribution in [0.2, 0.25) is 0 Å². The molecular weight excluding hydrogens is 885 g/mol. The number of aliphatic hydroxyl groups excluding tert-OH is 3. The maximum atomic E-state index is 12.9. The average Bonchev–Trinajstić information content (AvgIpc) is 3.31. The van der Waals surface area contributed by atoms with Crippen molar-refractivity contribution in [1.29, 1.82) is 0 Å². The van der Waals surface area contributed by atoms with Gasteiger partial charge in [0.1, 0.15) is 30.5 Å². The lowest BCUT2D eigenvalue weighted by atomic mass is 9.99. The molecule has 68 heavy (non-hydrogen) atoms. The predicted octanol–water partition coefficient (Wildman–Crippen LogP) is 11.5. The summed E-state index contributed by atoms with van der Waals surface area (Å²) < 4.78 is 59.1. The lowest BCUT2D eigenvalue weighted by molar-refractivity contribution is -0.301. The number of hydrogen-bond donors (Lipinski definition) is 4. The Morgan fingerprint density at radius 2 is 0.971 bits per heavy atom. The van der Waals surface area contributed by atoms with Gasteiger partial charge in [0.25, 0.3) is 0 Å². The number of carbonyl (C=O) groups excluding carboxylic acids is 1. The molecule has 6 unspecified atom stereocenters. The second-order valence-corrected chi connectivity index (χ2v) is 17.3. The number of ether oxygens (including phenoxy) is 4. The van der Waals surface area contributed by atoms with Gasteiger partial charge in [-0.15, -0.1) is 0 Å². The summed E-state index contributed by atoms with van der Waals surface area (Å²) in [6, 6.07) is 0. The van der Waals surface area contributed by atoms with Crippen molar-refractivity contribution in [2.75, 3.05) is 26.4 Å². The fraction of sp³-hybridized carbons (Fsp3) is 0.582. The molecule has 0 bridgehead atoms. The Kier molecular flexibility index (Phi) is 40.7. The maximum Gasteiger partial charge on any atom is 0.397 e. The zero-order chi connectivity index (χ0) is 49.6. The third-order valence-electron chi connectivity index (χ3n) is 10.3. The van der Waals surface area contributed by atoms with E-state index in [-0.39, 0.29) is 19.6 Å². The van der Waals surface area contributed by atoms with E-state index in [0.717, 1.165) is 109 Å². The van der Waals surface area contributed by atoms with Gasteiger partial charge >= 0.3 is 16.4 Å². The molecule has 0 spiro atoms. The van der Waals surface area contributed by atoms with Crippen molar-refractivity contribution in [3.63, 3.8) is 0 Å². The highest BCUT2D eigenvalue weighted by molar-refractivity contribution is 7.80. The zero-order valence-corrected chi connectivity index (χ0v) is 41.9. The van der Waals surface area contributed by atoms with E-state index in [1.807, 2.05) is 6.08 Å². The molecule has 384 valence electrons. The summed E-state index contributed by atoms with van der Waals surface area (Å²) in [5.74, 6) is -0.470. The van der Waals surface area contributed by atoms with Crippen LogP contribution in [0.4, 0.5) is 0 Å². The van der Waals surface area contributed by atoms with Crippen LogP contribution in [0, 0.1) is 0 Å². The molecule has 0 aromatic rings. The number of allylic oxidation sites excluding steroid dienone is 22. The minimum atomic E-state index is -5.08. The smallest absolute Gasteiger partial charge is 0.397 e. The SMILES string of the molecule is CC/C=C\C/C=C\C/C=C\C/C=C\C/C=C\C/C=C\C/C=C\CCCC(=O)OC(COCCCCCCC/C=C\C/C=C\C/C=C\C/C=C\CC)COC1OC(CO)C(O)C(OS(=O)(=O)O)C1O. The molecule has 12 nitrogen and oxygen atoms in total. The molecular formula is C55H86O12S. The van der Waals surface area contributed by atoms with E-state index in [2.05, 4.69) is 146 Å². The Bertz CT molecular complexity index is 1690. The van der Waals surface area contributed by atoms with E-state index in [9.17, 15) is 33.1 Å². The minimum Gasteiger partial charge on any atom is -0.457 e. The summed E-state index contributed by atoms with van der Waals surface area (Å²) in [4.78, 5) is 12.9. The lowest BCUT2D eigenvalue weighted by Gasteiger charge is -2.41. The van der Waals surface area contributed by atoms with Crippen LogP contribution in [-0.2, 0) is 38.3 Å². The van der Waals surface area contributed by atoms with Gasteiger partial charge in [-0.1, -0.05) is 167 Å². The van der Waals surface area contributed by atoms with Gasteiger partial charge in [0.15, 0.2) is 6.29 Å². The van der Waals surface area contributed by atoms with Crippen molar-refractivity contribution in [2.45, 2.75) is 179 Å². The van der Waals surface area contributed by atoms with Crippen LogP contribution >= 0.6 is 0 Å². The molecule has 6 atom stereocenters. The van der Waals surface area contributed by atoms with E-state index < -0.39 is 59.8 Å². The normalized spacial score (nSPS) is 20.5. The van der Waals surface area contributed by atoms with E-state index in [1.54, 1.807) is 0 Å². The van der Waals surface area contributed by atoms with Gasteiger partial charge in [-0.2, -0.15) is 8.42 Å². The van der Waals surface area contributed by atoms with Crippen molar-refractivity contribution in [3.05, 3.63) is 134 Å². The third-order valence-corrected chi connectivity index (χ3v) is 10.7. The number of rotatable bonds is 41. The quantitative estimate of drug-likeness (QED) is 0.0198. The highest BCUT2D eigenvalue weighted by Crippen LogP contribution is 2.26. The topological polar surface area (TPSA) is 178 Å². The van der Waals surface area contributed by atoms with Gasteiger partial charge in [0.2, 0.25) is 0 Å². The van der Waals surface area contributed by atoms with Crippen LogP contribution in [-0.4, -0.2) is 97.5 Å². The Hall–Kier alpha value is -3.76. The second-order valence-electron chi connectivity index (χ2n) is 16.3. The summed E-state index contributed by atoms with van der Waals surface area (Å²) in [5.41, 5.74) is 0. The summed E-state index contributed by atoms with van der Waals surface area (Å²) in [5, 5.41) is 30.7. The van der Waals surface area contributed by atoms with Crippen molar-refractivity contribution in [1.82, 2.24) is 0 Å². The van der Waals surface area contributed by atoms with E-state index in [0.29, 0.717) is 19.4 Å². The molecule has 1 aliphatic rings. The predicted molar refractivity (Wildman–Crippen MR) is 275 cm³/mol. The van der Waals surface area contributed by atoms with E-state index in [4.69, 9.17) is 18.9 Å². The van der Waals surface area contributed by atoms with Crippen LogP contribution in [0.5, 0.6) is 0 Å². The van der Waals surface area contributed by atoms with Gasteiger partial charge in [0, 0.05) is 13.0 Å². The Labute approximate surface area is 410 Å². The largest absolute Gasteiger partial charge is 0.457 e. The standard InChI is InChI=1S/C55H86O12S/c1-3-5-7-9-11-13-15-17-19-21-23-24-25-26-27-28-30-32-34-36-38-40-42-44-51(57)65-49(48-64-55-53(59)54(67-68(60,61)62)52(58)50(46-56)66-55)47-63-45-43-41-39-37-35-33-31-29-22-20-18-16-14-12-10-8-6-4-2/h5-8,11-14,17-20,23-24,26-27,29-32,36,38,49-50,52-56,58-59H,3-4,9-10,15-16,21-22,25,28,33-35,37,39-48H2,1-2H3,(H,60,61,62)/b7-5-,8-6-,13-11-,14-12-,19-17-,20-18-,24-23-,27-26-,31-29-,32-30-,38-36-. The molecule has 1 heterocycles. The van der Waals surface area contributed by atoms with Crippen molar-refractivity contribution in [2.24, 2.45) is 0 Å². The summed E-state index contributed by atoms with van der Waals surface area (Å²) >= 11 is 0. The first-order valence-corrected chi connectivity index (χ1v) is 26.3. The molecule has 1 saturated heterocycles. The molecule has 4 N–H and O–H groups in total. The lowest BCUT2D eigenvalue weighted by Crippen LogP contribution is -2.60.